The van der Waals surface area contributed by atoms with Gasteiger partial charge in [-0.05, 0) is 24.3 Å². The molecule has 0 bridgehead atoms. The van der Waals surface area contributed by atoms with Crippen molar-refractivity contribution in [2.75, 3.05) is 40.2 Å². The highest BCUT2D eigenvalue weighted by atomic mass is 35.5. The lowest BCUT2D eigenvalue weighted by Crippen LogP contribution is -2.35. The number of amides is 2. The molecular weight excluding hydrogens is 479 g/mol. The molecule has 2 aromatic carbocycles. The number of halogens is 4. The number of likely N-dealkylation sites (N-methyl/N-ethyl adjacent to an activating group) is 1. The number of aromatic amines is 1. The average Bonchev–Trinajstić information content (AvgIpc) is 3.22. The maximum absolute atomic E-state index is 13.0. The van der Waals surface area contributed by atoms with E-state index < -0.39 is 35.1 Å². The van der Waals surface area contributed by atoms with Crippen molar-refractivity contribution in [3.8, 4) is 17.2 Å². The van der Waals surface area contributed by atoms with Crippen LogP contribution in [0.25, 0.3) is 10.9 Å². The van der Waals surface area contributed by atoms with Gasteiger partial charge in [-0.3, -0.25) is 9.59 Å². The van der Waals surface area contributed by atoms with E-state index in [1.807, 2.05) is 0 Å². The van der Waals surface area contributed by atoms with Crippen LogP contribution in [0.4, 0.5) is 18.9 Å². The lowest BCUT2D eigenvalue weighted by molar-refractivity contribution is -0.137. The van der Waals surface area contributed by atoms with E-state index in [2.05, 4.69) is 10.3 Å². The lowest BCUT2D eigenvalue weighted by Gasteiger charge is -2.17. The van der Waals surface area contributed by atoms with Gasteiger partial charge in [-0.25, -0.2) is 0 Å². The Morgan fingerprint density at radius 1 is 1.06 bits per heavy atom. The molecule has 0 unspecified atom stereocenters. The summed E-state index contributed by atoms with van der Waals surface area (Å²) in [6.07, 6.45) is -4.68. The van der Waals surface area contributed by atoms with E-state index >= 15 is 0 Å². The van der Waals surface area contributed by atoms with Crippen molar-refractivity contribution < 1.29 is 37.0 Å². The standard InChI is InChI=1S/C22H21ClF3N3O5/c1-29(10-18(30)27-11-5-6-14(23)13(7-11)22(24,25)26)21(31)15-8-12-16(32-2)9-17(33-3)20(34-4)19(12)28-15/h5-9,28H,10H2,1-4H3,(H,27,30). The normalized spacial score (nSPS) is 11.3. The van der Waals surface area contributed by atoms with E-state index in [-0.39, 0.29) is 11.4 Å². The number of aromatic nitrogens is 1. The zero-order valence-corrected chi connectivity index (χ0v) is 19.4. The molecule has 0 saturated carbocycles. The van der Waals surface area contributed by atoms with Crippen LogP contribution in [0, 0.1) is 0 Å². The number of hydrogen-bond acceptors (Lipinski definition) is 5. The van der Waals surface area contributed by atoms with Gasteiger partial charge in [0, 0.05) is 24.2 Å². The molecule has 3 rings (SSSR count). The Kier molecular flexibility index (Phi) is 7.15. The predicted octanol–water partition coefficient (Wildman–Crippen LogP) is 4.58. The minimum Gasteiger partial charge on any atom is -0.496 e. The molecule has 3 aromatic rings. The average molecular weight is 500 g/mol. The molecule has 1 heterocycles. The van der Waals surface area contributed by atoms with E-state index in [9.17, 15) is 22.8 Å². The number of rotatable bonds is 7. The van der Waals surface area contributed by atoms with E-state index in [0.29, 0.717) is 28.2 Å². The summed E-state index contributed by atoms with van der Waals surface area (Å²) in [5.74, 6) is -0.0464. The van der Waals surface area contributed by atoms with Crippen molar-refractivity contribution in [1.82, 2.24) is 9.88 Å². The molecule has 182 valence electrons. The van der Waals surface area contributed by atoms with Gasteiger partial charge in [0.05, 0.1) is 44.0 Å². The lowest BCUT2D eigenvalue weighted by atomic mass is 10.2. The summed E-state index contributed by atoms with van der Waals surface area (Å²) in [6.45, 7) is -0.421. The van der Waals surface area contributed by atoms with Gasteiger partial charge in [0.2, 0.25) is 5.91 Å². The summed E-state index contributed by atoms with van der Waals surface area (Å²) >= 11 is 5.59. The van der Waals surface area contributed by atoms with Crippen LogP contribution in [-0.2, 0) is 11.0 Å². The molecule has 0 fully saturated rings. The van der Waals surface area contributed by atoms with Crippen molar-refractivity contribution in [3.05, 3.63) is 46.6 Å². The monoisotopic (exact) mass is 499 g/mol. The first kappa shape index (κ1) is 25.0. The zero-order chi connectivity index (χ0) is 25.2. The van der Waals surface area contributed by atoms with Crippen LogP contribution in [0.5, 0.6) is 17.2 Å². The smallest absolute Gasteiger partial charge is 0.417 e. The summed E-state index contributed by atoms with van der Waals surface area (Å²) in [5, 5.41) is 2.41. The SMILES string of the molecule is COc1cc(OC)c2cc(C(=O)N(C)CC(=O)Nc3ccc(Cl)c(C(F)(F)F)c3)[nH]c2c1OC. The van der Waals surface area contributed by atoms with Crippen LogP contribution in [0.3, 0.4) is 0 Å². The number of ether oxygens (including phenoxy) is 3. The van der Waals surface area contributed by atoms with Gasteiger partial charge < -0.3 is 29.4 Å². The van der Waals surface area contributed by atoms with E-state index in [1.54, 1.807) is 12.1 Å². The topological polar surface area (TPSA) is 92.9 Å². The van der Waals surface area contributed by atoms with Crippen LogP contribution < -0.4 is 19.5 Å². The van der Waals surface area contributed by atoms with Crippen LogP contribution in [0.2, 0.25) is 5.02 Å². The fraction of sp³-hybridized carbons (Fsp3) is 0.273. The van der Waals surface area contributed by atoms with Crippen molar-refractivity contribution >= 4 is 40.0 Å². The molecular formula is C22H21ClF3N3O5. The number of nitrogens with one attached hydrogen (secondary N) is 2. The number of anilines is 1. The molecule has 0 radical (unpaired) electrons. The minimum absolute atomic E-state index is 0.102. The van der Waals surface area contributed by atoms with Crippen molar-refractivity contribution in [1.29, 1.82) is 0 Å². The quantitative estimate of drug-likeness (QED) is 0.496. The minimum atomic E-state index is -4.68. The Hall–Kier alpha value is -3.60. The van der Waals surface area contributed by atoms with Crippen LogP contribution >= 0.6 is 11.6 Å². The number of carbonyl (C=O) groups excluding carboxylic acids is 2. The van der Waals surface area contributed by atoms with E-state index in [0.717, 1.165) is 17.0 Å². The highest BCUT2D eigenvalue weighted by Crippen LogP contribution is 2.41. The van der Waals surface area contributed by atoms with Gasteiger partial charge in [-0.2, -0.15) is 13.2 Å². The second kappa shape index (κ2) is 9.72. The highest BCUT2D eigenvalue weighted by molar-refractivity contribution is 6.31. The highest BCUT2D eigenvalue weighted by Gasteiger charge is 2.33. The van der Waals surface area contributed by atoms with E-state index in [4.69, 9.17) is 25.8 Å². The maximum Gasteiger partial charge on any atom is 0.417 e. The van der Waals surface area contributed by atoms with E-state index in [1.165, 1.54) is 34.4 Å². The van der Waals surface area contributed by atoms with Crippen molar-refractivity contribution in [2.45, 2.75) is 6.18 Å². The third kappa shape index (κ3) is 4.98. The molecule has 12 heteroatoms. The molecule has 0 aliphatic heterocycles. The molecule has 0 saturated heterocycles. The Morgan fingerprint density at radius 3 is 2.32 bits per heavy atom. The molecule has 0 aliphatic carbocycles. The number of methoxy groups -OCH3 is 3. The largest absolute Gasteiger partial charge is 0.496 e. The predicted molar refractivity (Wildman–Crippen MR) is 120 cm³/mol. The summed E-state index contributed by atoms with van der Waals surface area (Å²) < 4.78 is 55.1. The number of carbonyl (C=O) groups is 2. The molecule has 8 nitrogen and oxygen atoms in total. The molecule has 2 N–H and O–H groups in total. The first-order valence-electron chi connectivity index (χ1n) is 9.73. The van der Waals surface area contributed by atoms with Crippen LogP contribution in [-0.4, -0.2) is 56.6 Å². The number of benzene rings is 2. The second-order valence-electron chi connectivity index (χ2n) is 7.19. The summed E-state index contributed by atoms with van der Waals surface area (Å²) in [7, 11) is 5.75. The van der Waals surface area contributed by atoms with Gasteiger partial charge in [0.25, 0.3) is 5.91 Å². The first-order valence-corrected chi connectivity index (χ1v) is 10.1. The molecule has 1 aromatic heterocycles. The van der Waals surface area contributed by atoms with Gasteiger partial charge in [-0.15, -0.1) is 0 Å². The van der Waals surface area contributed by atoms with Gasteiger partial charge in [0.1, 0.15) is 11.4 Å². The molecule has 2 amide bonds. The number of H-pyrrole nitrogens is 1. The molecule has 0 atom stereocenters. The third-order valence-electron chi connectivity index (χ3n) is 4.95. The number of alkyl halides is 3. The summed E-state index contributed by atoms with van der Waals surface area (Å²) in [4.78, 5) is 29.4. The summed E-state index contributed by atoms with van der Waals surface area (Å²) in [5.41, 5.74) is -0.579. The number of nitrogens with zero attached hydrogens (tertiary/aromatic N) is 1. The van der Waals surface area contributed by atoms with Crippen molar-refractivity contribution in [3.63, 3.8) is 0 Å². The van der Waals surface area contributed by atoms with Crippen molar-refractivity contribution in [2.24, 2.45) is 0 Å². The second-order valence-corrected chi connectivity index (χ2v) is 7.59. The van der Waals surface area contributed by atoms with Gasteiger partial charge in [-0.1, -0.05) is 11.6 Å². The molecule has 0 aliphatic rings. The van der Waals surface area contributed by atoms with Gasteiger partial charge in [0.15, 0.2) is 11.5 Å². The fourth-order valence-corrected chi connectivity index (χ4v) is 3.59. The molecule has 34 heavy (non-hydrogen) atoms. The number of fused-ring (bicyclic) bond motifs is 1. The Balaban J connectivity index is 1.80. The van der Waals surface area contributed by atoms with Gasteiger partial charge >= 0.3 is 6.18 Å². The Labute approximate surface area is 197 Å². The fourth-order valence-electron chi connectivity index (χ4n) is 3.37. The summed E-state index contributed by atoms with van der Waals surface area (Å²) in [6, 6.07) is 6.16. The Bertz CT molecular complexity index is 1240. The maximum atomic E-state index is 13.0. The third-order valence-corrected chi connectivity index (χ3v) is 5.28. The van der Waals surface area contributed by atoms with Crippen LogP contribution in [0.15, 0.2) is 30.3 Å². The van der Waals surface area contributed by atoms with Crippen LogP contribution in [0.1, 0.15) is 16.1 Å². The first-order chi connectivity index (χ1) is 16.0. The number of hydrogen-bond donors (Lipinski definition) is 2. The zero-order valence-electron chi connectivity index (χ0n) is 18.6. The Morgan fingerprint density at radius 2 is 1.74 bits per heavy atom. The molecule has 0 spiro atoms.